The molecule has 5 nitrogen and oxygen atoms in total. The van der Waals surface area contributed by atoms with Gasteiger partial charge in [0.05, 0.1) is 26.4 Å². The lowest BCUT2D eigenvalue weighted by molar-refractivity contribution is 0.0223. The average molecular weight is 393 g/mol. The van der Waals surface area contributed by atoms with E-state index in [2.05, 4.69) is 6.92 Å². The molecule has 0 bridgehead atoms. The molecule has 1 heterocycles. The summed E-state index contributed by atoms with van der Waals surface area (Å²) in [5.74, 6) is 1.42. The normalized spacial score (nSPS) is 15.5. The van der Waals surface area contributed by atoms with E-state index in [0.29, 0.717) is 63.1 Å². The molecule has 0 aromatic heterocycles. The van der Waals surface area contributed by atoms with E-state index in [9.17, 15) is 4.79 Å². The van der Waals surface area contributed by atoms with Crippen molar-refractivity contribution in [2.24, 2.45) is 0 Å². The molecule has 0 radical (unpaired) electrons. The highest BCUT2D eigenvalue weighted by Gasteiger charge is 2.12. The zero-order chi connectivity index (χ0) is 19.9. The van der Waals surface area contributed by atoms with Crippen LogP contribution < -0.4 is 9.47 Å². The van der Waals surface area contributed by atoms with Gasteiger partial charge in [-0.1, -0.05) is 51.9 Å². The molecular weight excluding hydrogens is 356 g/mol. The second kappa shape index (κ2) is 14.4. The fourth-order valence-electron chi connectivity index (χ4n) is 3.22. The number of ether oxygens (including phenoxy) is 4. The summed E-state index contributed by atoms with van der Waals surface area (Å²) >= 11 is 0. The van der Waals surface area contributed by atoms with Crippen molar-refractivity contribution in [3.63, 3.8) is 0 Å². The predicted octanol–water partition coefficient (Wildman–Crippen LogP) is 5.20. The number of benzene rings is 1. The molecule has 5 heteroatoms. The van der Waals surface area contributed by atoms with Crippen molar-refractivity contribution in [1.82, 2.24) is 0 Å². The molecule has 1 aliphatic rings. The molecule has 0 aliphatic carbocycles. The first-order valence-electron chi connectivity index (χ1n) is 10.9. The van der Waals surface area contributed by atoms with E-state index in [1.807, 2.05) is 12.1 Å². The molecule has 1 aromatic rings. The molecule has 0 unspecified atom stereocenters. The van der Waals surface area contributed by atoms with Crippen molar-refractivity contribution in [2.45, 2.75) is 64.7 Å². The van der Waals surface area contributed by atoms with E-state index in [-0.39, 0.29) is 5.78 Å². The van der Waals surface area contributed by atoms with Crippen molar-refractivity contribution >= 4 is 5.78 Å². The van der Waals surface area contributed by atoms with Crippen molar-refractivity contribution in [1.29, 1.82) is 0 Å². The molecule has 0 amide bonds. The number of carbonyl (C=O) groups is 1. The van der Waals surface area contributed by atoms with Gasteiger partial charge in [0, 0.05) is 12.0 Å². The number of Topliss-reactive ketones (excluding diaryl/α,β-unsaturated/α-hetero) is 1. The highest BCUT2D eigenvalue weighted by atomic mass is 16.6. The molecule has 0 saturated heterocycles. The van der Waals surface area contributed by atoms with Crippen LogP contribution in [-0.4, -0.2) is 45.4 Å². The van der Waals surface area contributed by atoms with Crippen LogP contribution in [0.15, 0.2) is 18.2 Å². The Morgan fingerprint density at radius 3 is 2.00 bits per heavy atom. The van der Waals surface area contributed by atoms with Crippen LogP contribution in [0.5, 0.6) is 11.5 Å². The minimum atomic E-state index is 0.170. The zero-order valence-electron chi connectivity index (χ0n) is 17.4. The van der Waals surface area contributed by atoms with Gasteiger partial charge in [-0.05, 0) is 24.6 Å². The van der Waals surface area contributed by atoms with Gasteiger partial charge in [0.1, 0.15) is 13.2 Å². The number of rotatable bonds is 10. The molecule has 28 heavy (non-hydrogen) atoms. The summed E-state index contributed by atoms with van der Waals surface area (Å²) in [5.41, 5.74) is 0.689. The van der Waals surface area contributed by atoms with Gasteiger partial charge in [-0.25, -0.2) is 0 Å². The van der Waals surface area contributed by atoms with Gasteiger partial charge in [-0.3, -0.25) is 4.79 Å². The Bertz CT molecular complexity index is 558. The molecule has 1 aromatic carbocycles. The number of ketones is 1. The lowest BCUT2D eigenvalue weighted by atomic mass is 10.0. The fourth-order valence-corrected chi connectivity index (χ4v) is 3.22. The average Bonchev–Trinajstić information content (AvgIpc) is 2.70. The van der Waals surface area contributed by atoms with Crippen molar-refractivity contribution in [2.75, 3.05) is 39.6 Å². The van der Waals surface area contributed by atoms with Gasteiger partial charge in [0.2, 0.25) is 0 Å². The van der Waals surface area contributed by atoms with Gasteiger partial charge in [0.25, 0.3) is 0 Å². The molecule has 2 rings (SSSR count). The third-order valence-corrected chi connectivity index (χ3v) is 4.87. The summed E-state index contributed by atoms with van der Waals surface area (Å²) in [6.07, 6.45) is 10.4. The maximum absolute atomic E-state index is 12.5. The van der Waals surface area contributed by atoms with Crippen molar-refractivity contribution in [3.05, 3.63) is 23.8 Å². The summed E-state index contributed by atoms with van der Waals surface area (Å²) in [7, 11) is 0. The highest BCUT2D eigenvalue weighted by Crippen LogP contribution is 2.29. The lowest BCUT2D eigenvalue weighted by Gasteiger charge is -2.15. The van der Waals surface area contributed by atoms with E-state index in [4.69, 9.17) is 18.9 Å². The first-order valence-corrected chi connectivity index (χ1v) is 10.9. The molecule has 0 N–H and O–H groups in total. The molecule has 0 saturated carbocycles. The summed E-state index contributed by atoms with van der Waals surface area (Å²) in [6, 6.07) is 5.45. The van der Waals surface area contributed by atoms with Crippen molar-refractivity contribution < 1.29 is 23.7 Å². The van der Waals surface area contributed by atoms with Crippen LogP contribution in [0.25, 0.3) is 0 Å². The largest absolute Gasteiger partial charge is 0.487 e. The van der Waals surface area contributed by atoms with E-state index in [1.54, 1.807) is 6.07 Å². The van der Waals surface area contributed by atoms with Gasteiger partial charge in [-0.2, -0.15) is 0 Å². The summed E-state index contributed by atoms with van der Waals surface area (Å²) < 4.78 is 22.4. The lowest BCUT2D eigenvalue weighted by Crippen LogP contribution is -2.16. The molecular formula is C23H36O5. The SMILES string of the molecule is CCCCCCCCCCC(=O)c1ccc2c(c1)OCCOCCOCCO2. The first-order chi connectivity index (χ1) is 13.8. The van der Waals surface area contributed by atoms with Crippen LogP contribution in [0.2, 0.25) is 0 Å². The Kier molecular flexibility index (Phi) is 11.7. The smallest absolute Gasteiger partial charge is 0.163 e. The van der Waals surface area contributed by atoms with Crippen LogP contribution in [0, 0.1) is 0 Å². The molecule has 0 fully saturated rings. The molecule has 0 atom stereocenters. The van der Waals surface area contributed by atoms with Crippen LogP contribution in [0.3, 0.4) is 0 Å². The zero-order valence-corrected chi connectivity index (χ0v) is 17.4. The van der Waals surface area contributed by atoms with Gasteiger partial charge >= 0.3 is 0 Å². The third kappa shape index (κ3) is 9.07. The van der Waals surface area contributed by atoms with Crippen LogP contribution in [0.4, 0.5) is 0 Å². The second-order valence-corrected chi connectivity index (χ2v) is 7.23. The number of hydrogen-bond acceptors (Lipinski definition) is 5. The van der Waals surface area contributed by atoms with Gasteiger partial charge < -0.3 is 18.9 Å². The standard InChI is InChI=1S/C23H36O5/c1-2-3-4-5-6-7-8-9-10-21(24)20-11-12-22-23(19-20)28-18-16-26-14-13-25-15-17-27-22/h11-12,19H,2-10,13-18H2,1H3. The summed E-state index contributed by atoms with van der Waals surface area (Å²) in [6.45, 7) is 5.20. The van der Waals surface area contributed by atoms with E-state index < -0.39 is 0 Å². The van der Waals surface area contributed by atoms with Crippen LogP contribution in [0.1, 0.15) is 75.1 Å². The Morgan fingerprint density at radius 1 is 0.750 bits per heavy atom. The Balaban J connectivity index is 1.79. The Labute approximate surface area is 169 Å². The quantitative estimate of drug-likeness (QED) is 0.404. The fraction of sp³-hybridized carbons (Fsp3) is 0.696. The van der Waals surface area contributed by atoms with E-state index >= 15 is 0 Å². The van der Waals surface area contributed by atoms with Gasteiger partial charge in [-0.15, -0.1) is 0 Å². The van der Waals surface area contributed by atoms with Crippen LogP contribution in [-0.2, 0) is 9.47 Å². The second-order valence-electron chi connectivity index (χ2n) is 7.23. The first kappa shape index (κ1) is 22.7. The Hall–Kier alpha value is -1.59. The molecule has 0 spiro atoms. The molecule has 1 aliphatic heterocycles. The van der Waals surface area contributed by atoms with Gasteiger partial charge in [0.15, 0.2) is 17.3 Å². The number of fused-ring (bicyclic) bond motifs is 1. The monoisotopic (exact) mass is 392 g/mol. The predicted molar refractivity (Wildman–Crippen MR) is 111 cm³/mol. The maximum Gasteiger partial charge on any atom is 0.163 e. The summed E-state index contributed by atoms with van der Waals surface area (Å²) in [5, 5.41) is 0. The third-order valence-electron chi connectivity index (χ3n) is 4.87. The number of hydrogen-bond donors (Lipinski definition) is 0. The van der Waals surface area contributed by atoms with Crippen LogP contribution >= 0.6 is 0 Å². The minimum absolute atomic E-state index is 0.170. The van der Waals surface area contributed by atoms with E-state index in [0.717, 1.165) is 12.8 Å². The highest BCUT2D eigenvalue weighted by molar-refractivity contribution is 5.96. The molecule has 158 valence electrons. The summed E-state index contributed by atoms with van der Waals surface area (Å²) in [4.78, 5) is 12.5. The maximum atomic E-state index is 12.5. The number of unbranched alkanes of at least 4 members (excludes halogenated alkanes) is 7. The number of carbonyl (C=O) groups excluding carboxylic acids is 1. The Morgan fingerprint density at radius 2 is 1.32 bits per heavy atom. The minimum Gasteiger partial charge on any atom is -0.487 e. The van der Waals surface area contributed by atoms with E-state index in [1.165, 1.54) is 38.5 Å². The van der Waals surface area contributed by atoms with Crippen molar-refractivity contribution in [3.8, 4) is 11.5 Å². The topological polar surface area (TPSA) is 54.0 Å².